The van der Waals surface area contributed by atoms with E-state index in [0.717, 1.165) is 30.0 Å². The second-order valence-corrected chi connectivity index (χ2v) is 7.03. The van der Waals surface area contributed by atoms with Crippen molar-refractivity contribution in [3.8, 4) is 5.69 Å². The van der Waals surface area contributed by atoms with Gasteiger partial charge in [0.15, 0.2) is 0 Å². The third-order valence-electron chi connectivity index (χ3n) is 4.89. The van der Waals surface area contributed by atoms with Gasteiger partial charge in [-0.05, 0) is 38.0 Å². The van der Waals surface area contributed by atoms with Crippen molar-refractivity contribution in [1.29, 1.82) is 0 Å². The molecule has 6 nitrogen and oxygen atoms in total. The fourth-order valence-corrected chi connectivity index (χ4v) is 3.72. The summed E-state index contributed by atoms with van der Waals surface area (Å²) in [6.07, 6.45) is 7.96. The molecule has 0 spiro atoms. The number of hydrogen-bond acceptors (Lipinski definition) is 3. The molecule has 2 aromatic heterocycles. The maximum absolute atomic E-state index is 12.8. The summed E-state index contributed by atoms with van der Waals surface area (Å²) in [7, 11) is 0. The molecule has 1 aromatic carbocycles. The van der Waals surface area contributed by atoms with Gasteiger partial charge in [0.25, 0.3) is 5.91 Å². The summed E-state index contributed by atoms with van der Waals surface area (Å²) < 4.78 is 3.65. The van der Waals surface area contributed by atoms with Gasteiger partial charge in [-0.25, -0.2) is 9.36 Å². The standard InChI is InChI=1S/C19H20ClN5O/c1-13-17(12-22-24(13)16-8-4-5-14(20)11-16)19(26)23-18-9-10-21-25(18)15-6-2-3-7-15/h4-5,8-12,15H,2-3,6-7H2,1H3,(H,23,26). The molecule has 1 aliphatic rings. The lowest BCUT2D eigenvalue weighted by atomic mass is 10.2. The third-order valence-corrected chi connectivity index (χ3v) is 5.12. The number of hydrogen-bond donors (Lipinski definition) is 1. The molecule has 1 fully saturated rings. The zero-order valence-electron chi connectivity index (χ0n) is 14.5. The van der Waals surface area contributed by atoms with E-state index in [0.29, 0.717) is 16.6 Å². The van der Waals surface area contributed by atoms with E-state index in [1.165, 1.54) is 12.8 Å². The molecule has 0 unspecified atom stereocenters. The van der Waals surface area contributed by atoms with Gasteiger partial charge >= 0.3 is 0 Å². The van der Waals surface area contributed by atoms with E-state index in [4.69, 9.17) is 11.6 Å². The minimum absolute atomic E-state index is 0.185. The Kier molecular flexibility index (Phi) is 4.51. The predicted molar refractivity (Wildman–Crippen MR) is 101 cm³/mol. The zero-order valence-corrected chi connectivity index (χ0v) is 15.3. The molecule has 1 amide bonds. The van der Waals surface area contributed by atoms with Crippen LogP contribution in [0.4, 0.5) is 5.82 Å². The highest BCUT2D eigenvalue weighted by atomic mass is 35.5. The molecule has 1 saturated carbocycles. The predicted octanol–water partition coefficient (Wildman–Crippen LogP) is 4.40. The van der Waals surface area contributed by atoms with E-state index in [1.54, 1.807) is 17.1 Å². The maximum Gasteiger partial charge on any atom is 0.260 e. The van der Waals surface area contributed by atoms with E-state index >= 15 is 0 Å². The van der Waals surface area contributed by atoms with Gasteiger partial charge in [0.2, 0.25) is 0 Å². The molecule has 0 bridgehead atoms. The number of anilines is 1. The van der Waals surface area contributed by atoms with Gasteiger partial charge in [0.05, 0.1) is 35.4 Å². The van der Waals surface area contributed by atoms with Gasteiger partial charge in [0.1, 0.15) is 5.82 Å². The summed E-state index contributed by atoms with van der Waals surface area (Å²) in [6, 6.07) is 9.60. The molecule has 0 aliphatic heterocycles. The van der Waals surface area contributed by atoms with E-state index in [9.17, 15) is 4.79 Å². The smallest absolute Gasteiger partial charge is 0.260 e. The van der Waals surface area contributed by atoms with Crippen molar-refractivity contribution >= 4 is 23.3 Å². The maximum atomic E-state index is 12.8. The number of nitrogens with zero attached hydrogens (tertiary/aromatic N) is 4. The SMILES string of the molecule is Cc1c(C(=O)Nc2ccnn2C2CCCC2)cnn1-c1cccc(Cl)c1. The van der Waals surface area contributed by atoms with Crippen LogP contribution in [0.1, 0.15) is 47.8 Å². The fourth-order valence-electron chi connectivity index (χ4n) is 3.54. The number of benzene rings is 1. The average Bonchev–Trinajstić information content (AvgIpc) is 3.34. The van der Waals surface area contributed by atoms with Crippen LogP contribution in [0.25, 0.3) is 5.69 Å². The number of aromatic nitrogens is 4. The van der Waals surface area contributed by atoms with Crippen molar-refractivity contribution in [2.24, 2.45) is 0 Å². The van der Waals surface area contributed by atoms with E-state index in [1.807, 2.05) is 41.9 Å². The highest BCUT2D eigenvalue weighted by Gasteiger charge is 2.22. The summed E-state index contributed by atoms with van der Waals surface area (Å²) in [5.41, 5.74) is 2.12. The minimum Gasteiger partial charge on any atom is -0.307 e. The quantitative estimate of drug-likeness (QED) is 0.741. The number of amides is 1. The molecule has 3 aromatic rings. The van der Waals surface area contributed by atoms with E-state index in [2.05, 4.69) is 15.5 Å². The molecule has 0 saturated heterocycles. The van der Waals surface area contributed by atoms with Gasteiger partial charge in [-0.15, -0.1) is 0 Å². The van der Waals surface area contributed by atoms with Crippen molar-refractivity contribution in [3.05, 3.63) is 59.0 Å². The largest absolute Gasteiger partial charge is 0.307 e. The molecule has 7 heteroatoms. The number of carbonyl (C=O) groups is 1. The first kappa shape index (κ1) is 16.8. The molecule has 0 atom stereocenters. The van der Waals surface area contributed by atoms with Crippen LogP contribution in [-0.4, -0.2) is 25.5 Å². The Morgan fingerprint density at radius 2 is 2.04 bits per heavy atom. The van der Waals surface area contributed by atoms with Crippen LogP contribution in [-0.2, 0) is 0 Å². The Labute approximate surface area is 156 Å². The van der Waals surface area contributed by atoms with Crippen molar-refractivity contribution in [2.45, 2.75) is 38.6 Å². The first-order valence-corrected chi connectivity index (χ1v) is 9.17. The summed E-state index contributed by atoms with van der Waals surface area (Å²) in [5, 5.41) is 12.4. The summed E-state index contributed by atoms with van der Waals surface area (Å²) in [5.74, 6) is 0.548. The summed E-state index contributed by atoms with van der Waals surface area (Å²) in [4.78, 5) is 12.8. The number of halogens is 1. The van der Waals surface area contributed by atoms with Crippen LogP contribution in [0.2, 0.25) is 5.02 Å². The van der Waals surface area contributed by atoms with E-state index < -0.39 is 0 Å². The highest BCUT2D eigenvalue weighted by Crippen LogP contribution is 2.31. The van der Waals surface area contributed by atoms with Gasteiger partial charge < -0.3 is 5.32 Å². The molecule has 4 rings (SSSR count). The second-order valence-electron chi connectivity index (χ2n) is 6.59. The Morgan fingerprint density at radius 1 is 1.23 bits per heavy atom. The minimum atomic E-state index is -0.185. The van der Waals surface area contributed by atoms with Crippen molar-refractivity contribution in [1.82, 2.24) is 19.6 Å². The summed E-state index contributed by atoms with van der Waals surface area (Å²) in [6.45, 7) is 1.87. The molecule has 2 heterocycles. The molecule has 26 heavy (non-hydrogen) atoms. The van der Waals surface area contributed by atoms with Crippen LogP contribution in [0, 0.1) is 6.92 Å². The van der Waals surface area contributed by atoms with Crippen LogP contribution in [0.5, 0.6) is 0 Å². The van der Waals surface area contributed by atoms with Crippen LogP contribution in [0.15, 0.2) is 42.7 Å². The molecule has 1 aliphatic carbocycles. The monoisotopic (exact) mass is 369 g/mol. The topological polar surface area (TPSA) is 64.7 Å². The fraction of sp³-hybridized carbons (Fsp3) is 0.316. The van der Waals surface area contributed by atoms with Crippen LogP contribution in [0.3, 0.4) is 0 Å². The lowest BCUT2D eigenvalue weighted by molar-refractivity contribution is 0.102. The van der Waals surface area contributed by atoms with Crippen molar-refractivity contribution in [3.63, 3.8) is 0 Å². The van der Waals surface area contributed by atoms with Gasteiger partial charge in [-0.1, -0.05) is 30.5 Å². The Morgan fingerprint density at radius 3 is 2.81 bits per heavy atom. The Bertz CT molecular complexity index is 939. The normalized spacial score (nSPS) is 14.7. The Hall–Kier alpha value is -2.60. The van der Waals surface area contributed by atoms with Crippen molar-refractivity contribution < 1.29 is 4.79 Å². The lowest BCUT2D eigenvalue weighted by Gasteiger charge is -2.14. The van der Waals surface area contributed by atoms with Crippen LogP contribution < -0.4 is 5.32 Å². The molecular weight excluding hydrogens is 350 g/mol. The highest BCUT2D eigenvalue weighted by molar-refractivity contribution is 6.30. The third kappa shape index (κ3) is 3.12. The number of nitrogens with one attached hydrogen (secondary N) is 1. The van der Waals surface area contributed by atoms with Gasteiger partial charge in [0, 0.05) is 11.1 Å². The molecule has 134 valence electrons. The molecular formula is C19H20ClN5O. The lowest BCUT2D eigenvalue weighted by Crippen LogP contribution is -2.18. The van der Waals surface area contributed by atoms with Crippen LogP contribution >= 0.6 is 11.6 Å². The Balaban J connectivity index is 1.57. The second kappa shape index (κ2) is 6.96. The average molecular weight is 370 g/mol. The van der Waals surface area contributed by atoms with E-state index in [-0.39, 0.29) is 5.91 Å². The first-order valence-electron chi connectivity index (χ1n) is 8.79. The molecule has 1 N–H and O–H groups in total. The summed E-state index contributed by atoms with van der Waals surface area (Å²) >= 11 is 6.06. The van der Waals surface area contributed by atoms with Gasteiger partial charge in [-0.2, -0.15) is 10.2 Å². The van der Waals surface area contributed by atoms with Gasteiger partial charge in [-0.3, -0.25) is 4.79 Å². The number of carbonyl (C=O) groups excluding carboxylic acids is 1. The number of rotatable bonds is 4. The molecule has 0 radical (unpaired) electrons. The zero-order chi connectivity index (χ0) is 18.1. The van der Waals surface area contributed by atoms with Crippen molar-refractivity contribution in [2.75, 3.05) is 5.32 Å². The first-order chi connectivity index (χ1) is 12.6.